The summed E-state index contributed by atoms with van der Waals surface area (Å²) in [6, 6.07) is 9.98. The van der Waals surface area contributed by atoms with E-state index in [9.17, 15) is 4.79 Å². The Hall–Kier alpha value is -1.52. The lowest BCUT2D eigenvalue weighted by Crippen LogP contribution is -2.15. The van der Waals surface area contributed by atoms with Crippen LogP contribution in [0.1, 0.15) is 0 Å². The van der Waals surface area contributed by atoms with Crippen LogP contribution in [0.15, 0.2) is 51.8 Å². The maximum absolute atomic E-state index is 11.6. The lowest BCUT2D eigenvalue weighted by molar-refractivity contribution is 0.991. The van der Waals surface area contributed by atoms with Gasteiger partial charge in [-0.15, -0.1) is 0 Å². The van der Waals surface area contributed by atoms with E-state index in [1.165, 1.54) is 10.6 Å². The van der Waals surface area contributed by atoms with Gasteiger partial charge in [0, 0.05) is 24.7 Å². The van der Waals surface area contributed by atoms with Crippen LogP contribution in [0.4, 0.5) is 5.69 Å². The summed E-state index contributed by atoms with van der Waals surface area (Å²) in [6.45, 7) is 0. The first-order valence-corrected chi connectivity index (χ1v) is 5.27. The first-order valence-electron chi connectivity index (χ1n) is 4.53. The van der Waals surface area contributed by atoms with Crippen molar-refractivity contribution in [3.05, 3.63) is 58.0 Å². The molecule has 0 bridgehead atoms. The zero-order valence-corrected chi connectivity index (χ0v) is 9.70. The molecule has 80 valence electrons. The van der Waals surface area contributed by atoms with Crippen molar-refractivity contribution in [2.75, 3.05) is 0 Å². The van der Waals surface area contributed by atoms with E-state index in [0.717, 1.165) is 0 Å². The summed E-state index contributed by atoms with van der Waals surface area (Å²) in [5.74, 6) is 0. The zero-order valence-electron chi connectivity index (χ0n) is 8.13. The second kappa shape index (κ2) is 4.55. The zero-order chi connectivity index (χ0) is 11.5. The lowest BCUT2D eigenvalue weighted by Gasteiger charge is -2.07. The van der Waals surface area contributed by atoms with Crippen molar-refractivity contribution in [3.8, 4) is 5.69 Å². The van der Waals surface area contributed by atoms with Crippen LogP contribution in [0.3, 0.4) is 0 Å². The average Bonchev–Trinajstić information content (AvgIpc) is 2.30. The Morgan fingerprint density at radius 2 is 2.06 bits per heavy atom. The molecular weight excluding hydrogens is 244 g/mol. The molecule has 0 saturated carbocycles. The molecule has 2 aromatic rings. The molecule has 1 aromatic heterocycles. The third-order valence-corrected chi connectivity index (χ3v) is 2.63. The minimum atomic E-state index is -0.132. The van der Waals surface area contributed by atoms with Crippen LogP contribution in [0.2, 0.25) is 5.02 Å². The Balaban J connectivity index is 2.62. The predicted octanol–water partition coefficient (Wildman–Crippen LogP) is 2.85. The highest BCUT2D eigenvalue weighted by Crippen LogP contribution is 2.24. The van der Waals surface area contributed by atoms with E-state index in [-0.39, 0.29) is 5.56 Å². The van der Waals surface area contributed by atoms with Gasteiger partial charge < -0.3 is 0 Å². The van der Waals surface area contributed by atoms with E-state index in [4.69, 9.17) is 11.6 Å². The number of hydrogen-bond donors (Lipinski definition) is 0. The number of halogens is 1. The third-order valence-electron chi connectivity index (χ3n) is 2.12. The van der Waals surface area contributed by atoms with Gasteiger partial charge in [0.15, 0.2) is 0 Å². The minimum absolute atomic E-state index is 0.132. The second-order valence-corrected chi connectivity index (χ2v) is 3.73. The molecule has 5 heteroatoms. The van der Waals surface area contributed by atoms with Crippen molar-refractivity contribution >= 4 is 29.7 Å². The SMILES string of the molecule is O=c1ccccn1-c1ccc(N=S)cc1Cl. The van der Waals surface area contributed by atoms with Gasteiger partial charge in [0.05, 0.1) is 16.4 Å². The molecule has 0 amide bonds. The van der Waals surface area contributed by atoms with Gasteiger partial charge in [-0.1, -0.05) is 17.7 Å². The number of pyridine rings is 1. The van der Waals surface area contributed by atoms with Crippen LogP contribution in [0.25, 0.3) is 5.69 Å². The molecule has 0 aliphatic carbocycles. The molecule has 3 nitrogen and oxygen atoms in total. The molecule has 0 fully saturated rings. The first kappa shape index (κ1) is 11.0. The molecule has 0 saturated heterocycles. The Bertz CT molecular complexity index is 595. The van der Waals surface area contributed by atoms with E-state index in [1.54, 1.807) is 36.5 Å². The van der Waals surface area contributed by atoms with Gasteiger partial charge in [-0.2, -0.15) is 4.36 Å². The summed E-state index contributed by atoms with van der Waals surface area (Å²) in [7, 11) is 0. The maximum atomic E-state index is 11.6. The van der Waals surface area contributed by atoms with Gasteiger partial charge in [0.2, 0.25) is 0 Å². The highest BCUT2D eigenvalue weighted by atomic mass is 35.5. The van der Waals surface area contributed by atoms with Gasteiger partial charge >= 0.3 is 0 Å². The molecule has 2 rings (SSSR count). The molecule has 0 radical (unpaired) electrons. The predicted molar refractivity (Wildman–Crippen MR) is 66.5 cm³/mol. The third kappa shape index (κ3) is 2.03. The summed E-state index contributed by atoms with van der Waals surface area (Å²) in [5.41, 5.74) is 1.09. The van der Waals surface area contributed by atoms with Crippen molar-refractivity contribution in [1.82, 2.24) is 4.57 Å². The summed E-state index contributed by atoms with van der Waals surface area (Å²) < 4.78 is 5.07. The average molecular weight is 251 g/mol. The largest absolute Gasteiger partial charge is 0.283 e. The topological polar surface area (TPSA) is 34.4 Å². The van der Waals surface area contributed by atoms with Gasteiger partial charge in [0.25, 0.3) is 5.56 Å². The number of nitrogens with zero attached hydrogens (tertiary/aromatic N) is 2. The standard InChI is InChI=1S/C11H7ClN2OS/c12-9-7-8(13-16)4-5-10(9)14-6-2-1-3-11(14)15/h1-7H. The maximum Gasteiger partial charge on any atom is 0.255 e. The van der Waals surface area contributed by atoms with Crippen LogP contribution in [-0.4, -0.2) is 4.57 Å². The van der Waals surface area contributed by atoms with Gasteiger partial charge in [-0.05, 0) is 24.3 Å². The molecule has 0 N–H and O–H groups in total. The molecule has 0 aliphatic rings. The first-order chi connectivity index (χ1) is 7.72. The monoisotopic (exact) mass is 250 g/mol. The van der Waals surface area contributed by atoms with E-state index in [1.807, 2.05) is 0 Å². The molecule has 1 aromatic carbocycles. The lowest BCUT2D eigenvalue weighted by atomic mass is 10.2. The Labute approximate surface area is 102 Å². The van der Waals surface area contributed by atoms with Crippen molar-refractivity contribution in [1.29, 1.82) is 0 Å². The normalized spacial score (nSPS) is 10.1. The fourth-order valence-corrected chi connectivity index (χ4v) is 1.75. The van der Waals surface area contributed by atoms with Gasteiger partial charge in [0.1, 0.15) is 0 Å². The Morgan fingerprint density at radius 3 is 2.69 bits per heavy atom. The fraction of sp³-hybridized carbons (Fsp3) is 0. The van der Waals surface area contributed by atoms with Crippen LogP contribution in [-0.2, 0) is 12.4 Å². The molecule has 16 heavy (non-hydrogen) atoms. The summed E-state index contributed by atoms with van der Waals surface area (Å²) in [5, 5.41) is 0.444. The van der Waals surface area contributed by atoms with Crippen LogP contribution >= 0.6 is 11.6 Å². The molecule has 0 aliphatic heterocycles. The summed E-state index contributed by atoms with van der Waals surface area (Å²) >= 11 is 10.6. The minimum Gasteiger partial charge on any atom is -0.283 e. The smallest absolute Gasteiger partial charge is 0.255 e. The fourth-order valence-electron chi connectivity index (χ4n) is 1.37. The van der Waals surface area contributed by atoms with E-state index >= 15 is 0 Å². The highest BCUT2D eigenvalue weighted by Gasteiger charge is 2.04. The molecule has 1 heterocycles. The number of aromatic nitrogens is 1. The second-order valence-electron chi connectivity index (χ2n) is 3.14. The quantitative estimate of drug-likeness (QED) is 0.821. The summed E-state index contributed by atoms with van der Waals surface area (Å²) in [6.07, 6.45) is 1.66. The van der Waals surface area contributed by atoms with Crippen LogP contribution in [0.5, 0.6) is 0 Å². The van der Waals surface area contributed by atoms with E-state index < -0.39 is 0 Å². The van der Waals surface area contributed by atoms with Crippen molar-refractivity contribution < 1.29 is 0 Å². The summed E-state index contributed by atoms with van der Waals surface area (Å²) in [4.78, 5) is 11.6. The van der Waals surface area contributed by atoms with Crippen molar-refractivity contribution in [2.24, 2.45) is 4.36 Å². The molecule has 0 unspecified atom stereocenters. The van der Waals surface area contributed by atoms with Crippen molar-refractivity contribution in [2.45, 2.75) is 0 Å². The molecule has 0 atom stereocenters. The Kier molecular flexibility index (Phi) is 3.12. The van der Waals surface area contributed by atoms with Gasteiger partial charge in [-0.25, -0.2) is 0 Å². The van der Waals surface area contributed by atoms with Crippen LogP contribution < -0.4 is 5.56 Å². The Morgan fingerprint density at radius 1 is 1.25 bits per heavy atom. The number of hydrogen-bond acceptors (Lipinski definition) is 3. The number of benzene rings is 1. The highest BCUT2D eigenvalue weighted by molar-refractivity contribution is 7.47. The van der Waals surface area contributed by atoms with E-state index in [0.29, 0.717) is 16.4 Å². The number of rotatable bonds is 2. The molecular formula is C11H7ClN2OS. The van der Waals surface area contributed by atoms with Gasteiger partial charge in [-0.3, -0.25) is 9.36 Å². The van der Waals surface area contributed by atoms with Crippen LogP contribution in [0, 0.1) is 0 Å². The van der Waals surface area contributed by atoms with Crippen molar-refractivity contribution in [3.63, 3.8) is 0 Å². The molecule has 0 spiro atoms. The van der Waals surface area contributed by atoms with E-state index in [2.05, 4.69) is 16.8 Å².